The quantitative estimate of drug-likeness (QED) is 0.631. The van der Waals surface area contributed by atoms with Crippen molar-refractivity contribution in [3.8, 4) is 11.3 Å². The van der Waals surface area contributed by atoms with Gasteiger partial charge in [0.25, 0.3) is 5.56 Å². The molecule has 0 spiro atoms. The molecule has 0 saturated carbocycles. The van der Waals surface area contributed by atoms with E-state index in [-0.39, 0.29) is 5.56 Å². The number of hydrogen-bond acceptors (Lipinski definition) is 3. The number of rotatable bonds is 3. The number of hydrogen-bond donors (Lipinski definition) is 1. The van der Waals surface area contributed by atoms with Crippen LogP contribution >= 0.6 is 0 Å². The van der Waals surface area contributed by atoms with E-state index < -0.39 is 0 Å². The number of aromatic nitrogens is 4. The molecule has 5 nitrogen and oxygen atoms in total. The highest BCUT2D eigenvalue weighted by Crippen LogP contribution is 2.23. The lowest BCUT2D eigenvalue weighted by molar-refractivity contribution is 0.786. The van der Waals surface area contributed by atoms with Gasteiger partial charge in [-0.15, -0.1) is 0 Å². The third kappa shape index (κ3) is 2.60. The van der Waals surface area contributed by atoms with Gasteiger partial charge in [0.15, 0.2) is 0 Å². The number of H-pyrrole nitrogens is 1. The SMILES string of the molecule is Cc1nc2cc(-c3ccc(=O)[nH]n3)ccc2n1Cc1ccccc1. The minimum atomic E-state index is -0.206. The predicted molar refractivity (Wildman–Crippen MR) is 93.9 cm³/mol. The molecule has 0 saturated heterocycles. The van der Waals surface area contributed by atoms with Gasteiger partial charge in [-0.25, -0.2) is 10.1 Å². The summed E-state index contributed by atoms with van der Waals surface area (Å²) < 4.78 is 2.20. The van der Waals surface area contributed by atoms with Gasteiger partial charge in [-0.05, 0) is 30.7 Å². The van der Waals surface area contributed by atoms with Crippen molar-refractivity contribution in [1.82, 2.24) is 19.7 Å². The van der Waals surface area contributed by atoms with E-state index in [1.54, 1.807) is 6.07 Å². The normalized spacial score (nSPS) is 11.0. The zero-order chi connectivity index (χ0) is 16.5. The molecule has 0 aliphatic heterocycles. The Hall–Kier alpha value is -3.21. The van der Waals surface area contributed by atoms with Crippen LogP contribution in [0.25, 0.3) is 22.3 Å². The first-order valence-electron chi connectivity index (χ1n) is 7.77. The summed E-state index contributed by atoms with van der Waals surface area (Å²) in [4.78, 5) is 15.8. The monoisotopic (exact) mass is 316 g/mol. The molecule has 2 aromatic heterocycles. The Bertz CT molecular complexity index is 1040. The molecule has 4 aromatic rings. The first-order chi connectivity index (χ1) is 11.7. The summed E-state index contributed by atoms with van der Waals surface area (Å²) in [5, 5.41) is 6.54. The highest BCUT2D eigenvalue weighted by molar-refractivity contribution is 5.81. The molecule has 0 aliphatic carbocycles. The van der Waals surface area contributed by atoms with Gasteiger partial charge in [0.1, 0.15) is 5.82 Å². The van der Waals surface area contributed by atoms with Gasteiger partial charge in [-0.3, -0.25) is 4.79 Å². The van der Waals surface area contributed by atoms with Gasteiger partial charge in [0.05, 0.1) is 16.7 Å². The maximum Gasteiger partial charge on any atom is 0.264 e. The summed E-state index contributed by atoms with van der Waals surface area (Å²) in [7, 11) is 0. The number of aromatic amines is 1. The molecule has 2 heterocycles. The Morgan fingerprint density at radius 3 is 2.62 bits per heavy atom. The number of fused-ring (bicyclic) bond motifs is 1. The third-order valence-electron chi connectivity index (χ3n) is 4.10. The largest absolute Gasteiger partial charge is 0.324 e. The van der Waals surface area contributed by atoms with E-state index in [4.69, 9.17) is 0 Å². The number of imidazole rings is 1. The van der Waals surface area contributed by atoms with E-state index >= 15 is 0 Å². The highest BCUT2D eigenvalue weighted by Gasteiger charge is 2.10. The standard InChI is InChI=1S/C19H16N4O/c1-13-20-17-11-15(16-8-10-19(24)22-21-16)7-9-18(17)23(13)12-14-5-3-2-4-6-14/h2-11H,12H2,1H3,(H,22,24). The third-order valence-corrected chi connectivity index (χ3v) is 4.10. The summed E-state index contributed by atoms with van der Waals surface area (Å²) in [6.07, 6.45) is 0. The zero-order valence-corrected chi connectivity index (χ0v) is 13.2. The van der Waals surface area contributed by atoms with Crippen LogP contribution < -0.4 is 5.56 Å². The van der Waals surface area contributed by atoms with Crippen molar-refractivity contribution in [3.05, 3.63) is 82.4 Å². The lowest BCUT2D eigenvalue weighted by atomic mass is 10.1. The summed E-state index contributed by atoms with van der Waals surface area (Å²) in [5.41, 5.74) is 4.71. The smallest absolute Gasteiger partial charge is 0.264 e. The van der Waals surface area contributed by atoms with E-state index in [9.17, 15) is 4.79 Å². The van der Waals surface area contributed by atoms with Gasteiger partial charge < -0.3 is 4.57 Å². The molecule has 0 bridgehead atoms. The van der Waals surface area contributed by atoms with Crippen LogP contribution in [0.15, 0.2) is 65.5 Å². The summed E-state index contributed by atoms with van der Waals surface area (Å²) in [6.45, 7) is 2.81. The minimum absolute atomic E-state index is 0.206. The first kappa shape index (κ1) is 14.4. The molecule has 2 aromatic carbocycles. The maximum absolute atomic E-state index is 11.2. The second-order valence-corrected chi connectivity index (χ2v) is 5.74. The number of benzene rings is 2. The van der Waals surface area contributed by atoms with Crippen molar-refractivity contribution >= 4 is 11.0 Å². The van der Waals surface area contributed by atoms with Crippen LogP contribution in [-0.2, 0) is 6.54 Å². The van der Waals surface area contributed by atoms with E-state index in [1.807, 2.05) is 37.3 Å². The van der Waals surface area contributed by atoms with Crippen molar-refractivity contribution in [2.24, 2.45) is 0 Å². The molecule has 118 valence electrons. The Kier molecular flexibility index (Phi) is 3.46. The maximum atomic E-state index is 11.2. The first-order valence-corrected chi connectivity index (χ1v) is 7.77. The molecule has 5 heteroatoms. The van der Waals surface area contributed by atoms with Crippen molar-refractivity contribution in [2.75, 3.05) is 0 Å². The summed E-state index contributed by atoms with van der Waals surface area (Å²) in [6, 6.07) is 19.6. The fourth-order valence-electron chi connectivity index (χ4n) is 2.88. The van der Waals surface area contributed by atoms with E-state index in [0.717, 1.165) is 34.7 Å². The lowest BCUT2D eigenvalue weighted by Gasteiger charge is -2.07. The molecule has 0 amide bonds. The molecule has 0 aliphatic rings. The summed E-state index contributed by atoms with van der Waals surface area (Å²) in [5.74, 6) is 0.973. The fraction of sp³-hybridized carbons (Fsp3) is 0.105. The minimum Gasteiger partial charge on any atom is -0.324 e. The average molecular weight is 316 g/mol. The van der Waals surface area contributed by atoms with Gasteiger partial charge in [-0.2, -0.15) is 5.10 Å². The van der Waals surface area contributed by atoms with E-state index in [2.05, 4.69) is 37.9 Å². The average Bonchev–Trinajstić information content (AvgIpc) is 2.91. The molecule has 0 atom stereocenters. The highest BCUT2D eigenvalue weighted by atomic mass is 16.1. The van der Waals surface area contributed by atoms with Crippen molar-refractivity contribution < 1.29 is 0 Å². The van der Waals surface area contributed by atoms with Gasteiger partial charge in [-0.1, -0.05) is 36.4 Å². The van der Waals surface area contributed by atoms with Crippen molar-refractivity contribution in [2.45, 2.75) is 13.5 Å². The molecule has 4 rings (SSSR count). The molecule has 0 radical (unpaired) electrons. The topological polar surface area (TPSA) is 63.6 Å². The fourth-order valence-corrected chi connectivity index (χ4v) is 2.88. The van der Waals surface area contributed by atoms with Gasteiger partial charge >= 0.3 is 0 Å². The number of nitrogens with zero attached hydrogens (tertiary/aromatic N) is 3. The van der Waals surface area contributed by atoms with E-state index in [0.29, 0.717) is 0 Å². The molecular weight excluding hydrogens is 300 g/mol. The molecule has 24 heavy (non-hydrogen) atoms. The van der Waals surface area contributed by atoms with Crippen LogP contribution in [0, 0.1) is 6.92 Å². The molecule has 0 fully saturated rings. The molecular formula is C19H16N4O. The van der Waals surface area contributed by atoms with Gasteiger partial charge in [0, 0.05) is 18.2 Å². The summed E-state index contributed by atoms with van der Waals surface area (Å²) >= 11 is 0. The predicted octanol–water partition coefficient (Wildman–Crippen LogP) is 3.14. The second kappa shape index (κ2) is 5.77. The van der Waals surface area contributed by atoms with Crippen molar-refractivity contribution in [3.63, 3.8) is 0 Å². The Morgan fingerprint density at radius 2 is 1.88 bits per heavy atom. The Balaban J connectivity index is 1.77. The zero-order valence-electron chi connectivity index (χ0n) is 13.2. The van der Waals surface area contributed by atoms with Crippen LogP contribution in [0.1, 0.15) is 11.4 Å². The number of nitrogens with one attached hydrogen (secondary N) is 1. The van der Waals surface area contributed by atoms with Crippen LogP contribution in [0.5, 0.6) is 0 Å². The Labute approximate surface area is 138 Å². The number of aryl methyl sites for hydroxylation is 1. The van der Waals surface area contributed by atoms with Crippen LogP contribution in [0.3, 0.4) is 0 Å². The Morgan fingerprint density at radius 1 is 1.04 bits per heavy atom. The molecule has 1 N–H and O–H groups in total. The second-order valence-electron chi connectivity index (χ2n) is 5.74. The van der Waals surface area contributed by atoms with Crippen LogP contribution in [0.2, 0.25) is 0 Å². The lowest BCUT2D eigenvalue weighted by Crippen LogP contribution is -2.05. The van der Waals surface area contributed by atoms with E-state index in [1.165, 1.54) is 11.6 Å². The van der Waals surface area contributed by atoms with Crippen LogP contribution in [0.4, 0.5) is 0 Å². The van der Waals surface area contributed by atoms with Crippen molar-refractivity contribution in [1.29, 1.82) is 0 Å². The van der Waals surface area contributed by atoms with Gasteiger partial charge in [0.2, 0.25) is 0 Å². The molecule has 0 unspecified atom stereocenters. The van der Waals surface area contributed by atoms with Crippen LogP contribution in [-0.4, -0.2) is 19.7 Å².